The van der Waals surface area contributed by atoms with Gasteiger partial charge in [0.1, 0.15) is 0 Å². The van der Waals surface area contributed by atoms with Gasteiger partial charge in [0.25, 0.3) is 5.91 Å². The minimum Gasteiger partial charge on any atom is -0.379 e. The Morgan fingerprint density at radius 3 is 2.80 bits per heavy atom. The highest BCUT2D eigenvalue weighted by molar-refractivity contribution is 5.92. The molecule has 25 heavy (non-hydrogen) atoms. The Hall–Kier alpha value is -1.73. The molecule has 7 nitrogen and oxygen atoms in total. The van der Waals surface area contributed by atoms with E-state index in [-0.39, 0.29) is 5.91 Å². The normalized spacial score (nSPS) is 22.0. The van der Waals surface area contributed by atoms with E-state index >= 15 is 0 Å². The summed E-state index contributed by atoms with van der Waals surface area (Å²) in [6.07, 6.45) is 4.81. The summed E-state index contributed by atoms with van der Waals surface area (Å²) in [5.41, 5.74) is 0.385. The molecule has 3 heterocycles. The zero-order valence-corrected chi connectivity index (χ0v) is 15.1. The number of anilines is 1. The average molecular weight is 347 g/mol. The summed E-state index contributed by atoms with van der Waals surface area (Å²) in [6.45, 7) is 8.10. The maximum Gasteiger partial charge on any atom is 0.271 e. The first kappa shape index (κ1) is 18.1. The maximum absolute atomic E-state index is 12.2. The Morgan fingerprint density at radius 1 is 1.24 bits per heavy atom. The van der Waals surface area contributed by atoms with Crippen LogP contribution >= 0.6 is 0 Å². The fourth-order valence-corrected chi connectivity index (χ4v) is 3.57. The fraction of sp³-hybridized carbons (Fsp3) is 0.722. The van der Waals surface area contributed by atoms with Crippen molar-refractivity contribution in [3.8, 4) is 0 Å². The Bertz CT molecular complexity index is 545. The van der Waals surface area contributed by atoms with Crippen molar-refractivity contribution in [1.29, 1.82) is 0 Å². The molecular formula is C18H29N5O2. The van der Waals surface area contributed by atoms with Gasteiger partial charge in [0.05, 0.1) is 13.2 Å². The SMILES string of the molecule is CCC1CCCCN1c1ccc(C(=O)NCCN2CCOCC2)nn1. The van der Waals surface area contributed by atoms with Crippen molar-refractivity contribution in [3.63, 3.8) is 0 Å². The Balaban J connectivity index is 1.49. The molecular weight excluding hydrogens is 318 g/mol. The van der Waals surface area contributed by atoms with Crippen LogP contribution in [0, 0.1) is 0 Å². The monoisotopic (exact) mass is 347 g/mol. The van der Waals surface area contributed by atoms with Gasteiger partial charge in [0, 0.05) is 38.8 Å². The van der Waals surface area contributed by atoms with E-state index < -0.39 is 0 Å². The van der Waals surface area contributed by atoms with E-state index in [9.17, 15) is 4.79 Å². The van der Waals surface area contributed by atoms with E-state index in [1.165, 1.54) is 19.3 Å². The van der Waals surface area contributed by atoms with Gasteiger partial charge in [-0.1, -0.05) is 6.92 Å². The molecule has 2 aliphatic rings. The second-order valence-corrected chi connectivity index (χ2v) is 6.74. The highest BCUT2D eigenvalue weighted by atomic mass is 16.5. The molecule has 0 bridgehead atoms. The summed E-state index contributed by atoms with van der Waals surface area (Å²) in [6, 6.07) is 4.25. The first-order valence-corrected chi connectivity index (χ1v) is 9.46. The molecule has 0 radical (unpaired) electrons. The second kappa shape index (κ2) is 9.10. The lowest BCUT2D eigenvalue weighted by Crippen LogP contribution is -2.41. The van der Waals surface area contributed by atoms with Gasteiger partial charge >= 0.3 is 0 Å². The Morgan fingerprint density at radius 2 is 2.08 bits per heavy atom. The molecule has 2 aliphatic heterocycles. The van der Waals surface area contributed by atoms with Crippen molar-refractivity contribution < 1.29 is 9.53 Å². The van der Waals surface area contributed by atoms with E-state index in [1.54, 1.807) is 6.07 Å². The van der Waals surface area contributed by atoms with E-state index in [2.05, 4.69) is 32.2 Å². The van der Waals surface area contributed by atoms with Gasteiger partial charge < -0.3 is 15.0 Å². The van der Waals surface area contributed by atoms with E-state index in [1.807, 2.05) is 6.07 Å². The van der Waals surface area contributed by atoms with Crippen molar-refractivity contribution >= 4 is 11.7 Å². The molecule has 1 amide bonds. The molecule has 1 aromatic rings. The first-order chi connectivity index (χ1) is 12.3. The van der Waals surface area contributed by atoms with Gasteiger partial charge in [-0.25, -0.2) is 0 Å². The number of hydrogen-bond acceptors (Lipinski definition) is 6. The molecule has 0 aromatic carbocycles. The maximum atomic E-state index is 12.2. The molecule has 2 saturated heterocycles. The number of ether oxygens (including phenoxy) is 1. The molecule has 0 saturated carbocycles. The molecule has 0 spiro atoms. The summed E-state index contributed by atoms with van der Waals surface area (Å²) in [5, 5.41) is 11.4. The van der Waals surface area contributed by atoms with Crippen molar-refractivity contribution in [3.05, 3.63) is 17.8 Å². The molecule has 7 heteroatoms. The zero-order valence-electron chi connectivity index (χ0n) is 15.1. The largest absolute Gasteiger partial charge is 0.379 e. The van der Waals surface area contributed by atoms with Gasteiger partial charge in [-0.2, -0.15) is 0 Å². The highest BCUT2D eigenvalue weighted by Gasteiger charge is 2.22. The lowest BCUT2D eigenvalue weighted by Gasteiger charge is -2.35. The van der Waals surface area contributed by atoms with Crippen LogP contribution in [0.15, 0.2) is 12.1 Å². The topological polar surface area (TPSA) is 70.6 Å². The summed E-state index contributed by atoms with van der Waals surface area (Å²) >= 11 is 0. The van der Waals surface area contributed by atoms with Crippen LogP contribution in [0.1, 0.15) is 43.1 Å². The number of carbonyl (C=O) groups is 1. The van der Waals surface area contributed by atoms with Gasteiger partial charge in [0.15, 0.2) is 11.5 Å². The standard InChI is InChI=1S/C18H29N5O2/c1-2-15-5-3-4-9-23(15)17-7-6-16(20-21-17)18(24)19-8-10-22-11-13-25-14-12-22/h6-7,15H,2-5,8-14H2,1H3,(H,19,24). The quantitative estimate of drug-likeness (QED) is 0.837. The molecule has 1 N–H and O–H groups in total. The number of amides is 1. The predicted molar refractivity (Wildman–Crippen MR) is 96.9 cm³/mol. The molecule has 138 valence electrons. The van der Waals surface area contributed by atoms with Crippen LogP contribution in [0.5, 0.6) is 0 Å². The number of hydrogen-bond donors (Lipinski definition) is 1. The van der Waals surface area contributed by atoms with E-state index in [0.717, 1.165) is 51.6 Å². The minimum atomic E-state index is -0.155. The predicted octanol–water partition coefficient (Wildman–Crippen LogP) is 1.31. The van der Waals surface area contributed by atoms with Crippen LogP contribution in [0.25, 0.3) is 0 Å². The number of morpholine rings is 1. The second-order valence-electron chi connectivity index (χ2n) is 6.74. The number of nitrogens with zero attached hydrogens (tertiary/aromatic N) is 4. The minimum absolute atomic E-state index is 0.155. The third-order valence-electron chi connectivity index (χ3n) is 5.09. The summed E-state index contributed by atoms with van der Waals surface area (Å²) < 4.78 is 5.32. The van der Waals surface area contributed by atoms with Gasteiger partial charge in [-0.3, -0.25) is 9.69 Å². The molecule has 2 fully saturated rings. The van der Waals surface area contributed by atoms with Crippen LogP contribution < -0.4 is 10.2 Å². The third kappa shape index (κ3) is 4.89. The molecule has 1 aromatic heterocycles. The number of aromatic nitrogens is 2. The molecule has 1 atom stereocenters. The Kier molecular flexibility index (Phi) is 6.58. The van der Waals surface area contributed by atoms with Crippen molar-refractivity contribution in [2.45, 2.75) is 38.6 Å². The highest BCUT2D eigenvalue weighted by Crippen LogP contribution is 2.24. The smallest absolute Gasteiger partial charge is 0.271 e. The average Bonchev–Trinajstić information content (AvgIpc) is 2.69. The molecule has 3 rings (SSSR count). The lowest BCUT2D eigenvalue weighted by atomic mass is 10.0. The van der Waals surface area contributed by atoms with Crippen molar-refractivity contribution in [2.24, 2.45) is 0 Å². The molecule has 1 unspecified atom stereocenters. The third-order valence-corrected chi connectivity index (χ3v) is 5.09. The van der Waals surface area contributed by atoms with Gasteiger partial charge in [-0.05, 0) is 37.8 Å². The van der Waals surface area contributed by atoms with Crippen LogP contribution in [-0.2, 0) is 4.74 Å². The van der Waals surface area contributed by atoms with Crippen molar-refractivity contribution in [1.82, 2.24) is 20.4 Å². The summed E-state index contributed by atoms with van der Waals surface area (Å²) in [5.74, 6) is 0.731. The lowest BCUT2D eigenvalue weighted by molar-refractivity contribution is 0.0383. The van der Waals surface area contributed by atoms with Gasteiger partial charge in [0.2, 0.25) is 0 Å². The number of carbonyl (C=O) groups excluding carboxylic acids is 1. The summed E-state index contributed by atoms with van der Waals surface area (Å²) in [4.78, 5) is 16.8. The van der Waals surface area contributed by atoms with E-state index in [4.69, 9.17) is 4.74 Å². The number of rotatable bonds is 6. The fourth-order valence-electron chi connectivity index (χ4n) is 3.57. The Labute approximate surface area is 149 Å². The van der Waals surface area contributed by atoms with Crippen molar-refractivity contribution in [2.75, 3.05) is 50.8 Å². The number of piperidine rings is 1. The van der Waals surface area contributed by atoms with E-state index in [0.29, 0.717) is 18.3 Å². The molecule has 0 aliphatic carbocycles. The zero-order chi connectivity index (χ0) is 17.5. The number of nitrogens with one attached hydrogen (secondary N) is 1. The van der Waals surface area contributed by atoms with Crippen LogP contribution in [0.3, 0.4) is 0 Å². The van der Waals surface area contributed by atoms with Crippen LogP contribution in [0.4, 0.5) is 5.82 Å². The van der Waals surface area contributed by atoms with Crippen LogP contribution in [0.2, 0.25) is 0 Å². The summed E-state index contributed by atoms with van der Waals surface area (Å²) in [7, 11) is 0. The van der Waals surface area contributed by atoms with Gasteiger partial charge in [-0.15, -0.1) is 10.2 Å². The van der Waals surface area contributed by atoms with Crippen LogP contribution in [-0.4, -0.2) is 73.0 Å². The first-order valence-electron chi connectivity index (χ1n) is 9.46.